The van der Waals surface area contributed by atoms with Crippen LogP contribution in [0.15, 0.2) is 71.7 Å². The van der Waals surface area contributed by atoms with Crippen LogP contribution in [0.2, 0.25) is 0 Å². The summed E-state index contributed by atoms with van der Waals surface area (Å²) in [5.41, 5.74) is -0.635. The number of halogens is 4. The molecule has 0 radical (unpaired) electrons. The Morgan fingerprint density at radius 3 is 2.34 bits per heavy atom. The molecule has 0 atom stereocenters. The lowest BCUT2D eigenvalue weighted by atomic mass is 10.2. The Labute approximate surface area is 179 Å². The zero-order chi connectivity index (χ0) is 23.3. The van der Waals surface area contributed by atoms with E-state index in [0.29, 0.717) is 5.56 Å². The molecule has 166 valence electrons. The van der Waals surface area contributed by atoms with E-state index in [1.165, 1.54) is 30.5 Å². The van der Waals surface area contributed by atoms with Crippen LogP contribution in [0.1, 0.15) is 21.5 Å². The quantitative estimate of drug-likeness (QED) is 0.567. The highest BCUT2D eigenvalue weighted by Crippen LogP contribution is 2.29. The number of carbonyl (C=O) groups is 2. The van der Waals surface area contributed by atoms with Crippen molar-refractivity contribution in [1.82, 2.24) is 9.88 Å². The zero-order valence-corrected chi connectivity index (χ0v) is 16.4. The summed E-state index contributed by atoms with van der Waals surface area (Å²) in [4.78, 5) is 36.6. The number of hydrogen-bond acceptors (Lipinski definition) is 3. The number of nitrogens with one attached hydrogen (secondary N) is 2. The lowest BCUT2D eigenvalue weighted by molar-refractivity contribution is -0.137. The molecule has 0 spiro atoms. The van der Waals surface area contributed by atoms with Gasteiger partial charge in [-0.2, -0.15) is 13.2 Å². The van der Waals surface area contributed by atoms with Gasteiger partial charge in [-0.05, 0) is 48.0 Å². The molecule has 0 unspecified atom stereocenters. The second-order valence-electron chi connectivity index (χ2n) is 6.82. The Bertz CT molecular complexity index is 1190. The maximum absolute atomic E-state index is 13.2. The average molecular weight is 447 g/mol. The van der Waals surface area contributed by atoms with Crippen molar-refractivity contribution in [3.63, 3.8) is 0 Å². The average Bonchev–Trinajstić information content (AvgIpc) is 2.73. The second kappa shape index (κ2) is 9.46. The van der Waals surface area contributed by atoms with Crippen LogP contribution in [-0.2, 0) is 24.1 Å². The number of hydrogen-bond donors (Lipinski definition) is 2. The van der Waals surface area contributed by atoms with E-state index < -0.39 is 41.5 Å². The van der Waals surface area contributed by atoms with Gasteiger partial charge in [-0.15, -0.1) is 0 Å². The molecular formula is C22H17F4N3O3. The Balaban J connectivity index is 1.64. The van der Waals surface area contributed by atoms with Crippen LogP contribution in [0.5, 0.6) is 0 Å². The van der Waals surface area contributed by atoms with E-state index in [0.717, 1.165) is 34.9 Å². The predicted octanol–water partition coefficient (Wildman–Crippen LogP) is 3.57. The van der Waals surface area contributed by atoms with Crippen molar-refractivity contribution in [3.8, 4) is 0 Å². The van der Waals surface area contributed by atoms with Gasteiger partial charge in [0.15, 0.2) is 0 Å². The van der Waals surface area contributed by atoms with Crippen molar-refractivity contribution in [2.75, 3.05) is 5.32 Å². The first-order valence-electron chi connectivity index (χ1n) is 9.32. The second-order valence-corrected chi connectivity index (χ2v) is 6.82. The molecule has 0 aliphatic heterocycles. The van der Waals surface area contributed by atoms with E-state index in [2.05, 4.69) is 10.6 Å². The Kier molecular flexibility index (Phi) is 6.72. The molecule has 3 rings (SSSR count). The summed E-state index contributed by atoms with van der Waals surface area (Å²) < 4.78 is 52.1. The summed E-state index contributed by atoms with van der Waals surface area (Å²) in [6, 6.07) is 11.9. The van der Waals surface area contributed by atoms with Crippen LogP contribution in [-0.4, -0.2) is 16.4 Å². The Hall–Kier alpha value is -3.95. The Morgan fingerprint density at radius 2 is 1.69 bits per heavy atom. The minimum Gasteiger partial charge on any atom is -0.348 e. The number of benzene rings is 2. The maximum atomic E-state index is 13.2. The smallest absolute Gasteiger partial charge is 0.348 e. The van der Waals surface area contributed by atoms with E-state index in [1.54, 1.807) is 6.07 Å². The molecule has 10 heteroatoms. The van der Waals surface area contributed by atoms with Gasteiger partial charge in [-0.1, -0.05) is 12.1 Å². The highest BCUT2D eigenvalue weighted by molar-refractivity contribution is 5.94. The summed E-state index contributed by atoms with van der Waals surface area (Å²) in [5.74, 6) is -1.64. The third kappa shape index (κ3) is 6.03. The van der Waals surface area contributed by atoms with Gasteiger partial charge in [-0.3, -0.25) is 14.4 Å². The van der Waals surface area contributed by atoms with Crippen molar-refractivity contribution < 1.29 is 27.2 Å². The molecule has 2 N–H and O–H groups in total. The zero-order valence-electron chi connectivity index (χ0n) is 16.4. The summed E-state index contributed by atoms with van der Waals surface area (Å²) in [5, 5.41) is 4.98. The van der Waals surface area contributed by atoms with E-state index in [9.17, 15) is 31.9 Å². The first-order chi connectivity index (χ1) is 15.1. The fraction of sp³-hybridized carbons (Fsp3) is 0.136. The first-order valence-corrected chi connectivity index (χ1v) is 9.32. The molecule has 0 fully saturated rings. The monoisotopic (exact) mass is 447 g/mol. The number of pyridine rings is 1. The van der Waals surface area contributed by atoms with E-state index in [4.69, 9.17) is 0 Å². The van der Waals surface area contributed by atoms with Crippen LogP contribution in [0.4, 0.5) is 23.2 Å². The summed E-state index contributed by atoms with van der Waals surface area (Å²) >= 11 is 0. The van der Waals surface area contributed by atoms with Crippen molar-refractivity contribution >= 4 is 17.5 Å². The topological polar surface area (TPSA) is 80.2 Å². The SMILES string of the molecule is O=C(Cn1cc(C(=O)NCc2cccc(F)c2)ccc1=O)Nc1ccc(C(F)(F)F)cc1. The minimum atomic E-state index is -4.49. The van der Waals surface area contributed by atoms with Crippen LogP contribution >= 0.6 is 0 Å². The molecule has 0 aliphatic rings. The third-order valence-corrected chi connectivity index (χ3v) is 4.40. The van der Waals surface area contributed by atoms with E-state index in [-0.39, 0.29) is 17.8 Å². The van der Waals surface area contributed by atoms with Crippen LogP contribution < -0.4 is 16.2 Å². The van der Waals surface area contributed by atoms with Crippen molar-refractivity contribution in [2.45, 2.75) is 19.3 Å². The molecule has 2 amide bonds. The first kappa shape index (κ1) is 22.7. The maximum Gasteiger partial charge on any atom is 0.416 e. The van der Waals surface area contributed by atoms with Gasteiger partial charge in [0.05, 0.1) is 11.1 Å². The fourth-order valence-corrected chi connectivity index (χ4v) is 2.82. The highest BCUT2D eigenvalue weighted by Gasteiger charge is 2.30. The molecule has 3 aromatic rings. The molecule has 0 aliphatic carbocycles. The third-order valence-electron chi connectivity index (χ3n) is 4.40. The lowest BCUT2D eigenvalue weighted by Gasteiger charge is -2.11. The van der Waals surface area contributed by atoms with Gasteiger partial charge in [0.2, 0.25) is 5.91 Å². The van der Waals surface area contributed by atoms with Gasteiger partial charge in [-0.25, -0.2) is 4.39 Å². The number of nitrogens with zero attached hydrogens (tertiary/aromatic N) is 1. The molecule has 2 aromatic carbocycles. The summed E-state index contributed by atoms with van der Waals surface area (Å²) in [7, 11) is 0. The molecule has 0 bridgehead atoms. The molecular weight excluding hydrogens is 430 g/mol. The normalized spacial score (nSPS) is 11.1. The van der Waals surface area contributed by atoms with Crippen LogP contribution in [0.25, 0.3) is 0 Å². The van der Waals surface area contributed by atoms with Crippen molar-refractivity contribution in [2.24, 2.45) is 0 Å². The molecule has 0 saturated carbocycles. The van der Waals surface area contributed by atoms with Gasteiger partial charge in [0, 0.05) is 24.5 Å². The molecule has 32 heavy (non-hydrogen) atoms. The van der Waals surface area contributed by atoms with Gasteiger partial charge < -0.3 is 15.2 Å². The van der Waals surface area contributed by atoms with Crippen molar-refractivity contribution in [3.05, 3.63) is 99.7 Å². The van der Waals surface area contributed by atoms with Gasteiger partial charge >= 0.3 is 6.18 Å². The number of amides is 2. The van der Waals surface area contributed by atoms with Crippen molar-refractivity contribution in [1.29, 1.82) is 0 Å². The van der Waals surface area contributed by atoms with Crippen LogP contribution in [0.3, 0.4) is 0 Å². The van der Waals surface area contributed by atoms with Gasteiger partial charge in [0.1, 0.15) is 12.4 Å². The predicted molar refractivity (Wildman–Crippen MR) is 108 cm³/mol. The summed E-state index contributed by atoms with van der Waals surface area (Å²) in [6.07, 6.45) is -3.30. The fourth-order valence-electron chi connectivity index (χ4n) is 2.82. The summed E-state index contributed by atoms with van der Waals surface area (Å²) in [6.45, 7) is -0.394. The number of alkyl halides is 3. The molecule has 6 nitrogen and oxygen atoms in total. The molecule has 1 heterocycles. The molecule has 1 aromatic heterocycles. The number of rotatable bonds is 6. The Morgan fingerprint density at radius 1 is 0.969 bits per heavy atom. The highest BCUT2D eigenvalue weighted by atomic mass is 19.4. The molecule has 0 saturated heterocycles. The number of aromatic nitrogens is 1. The van der Waals surface area contributed by atoms with Gasteiger partial charge in [0.25, 0.3) is 11.5 Å². The minimum absolute atomic E-state index is 0.0596. The number of anilines is 1. The standard InChI is InChI=1S/C22H17F4N3O3/c23-17-3-1-2-14(10-17)11-27-21(32)15-4-9-20(31)29(12-15)13-19(30)28-18-7-5-16(6-8-18)22(24,25)26/h1-10,12H,11,13H2,(H,27,32)(H,28,30). The van der Waals surface area contributed by atoms with E-state index >= 15 is 0 Å². The lowest BCUT2D eigenvalue weighted by Crippen LogP contribution is -2.29. The van der Waals surface area contributed by atoms with Crippen LogP contribution in [0, 0.1) is 5.82 Å². The largest absolute Gasteiger partial charge is 0.416 e. The number of carbonyl (C=O) groups excluding carboxylic acids is 2. The van der Waals surface area contributed by atoms with E-state index in [1.807, 2.05) is 0 Å².